The van der Waals surface area contributed by atoms with Gasteiger partial charge in [-0.2, -0.15) is 0 Å². The van der Waals surface area contributed by atoms with E-state index in [9.17, 15) is 0 Å². The van der Waals surface area contributed by atoms with Gasteiger partial charge in [0.25, 0.3) is 0 Å². The number of likely N-dealkylation sites (tertiary alicyclic amines) is 1. The number of benzene rings is 2. The number of hydrogen-bond donors (Lipinski definition) is 0. The predicted molar refractivity (Wildman–Crippen MR) is 104 cm³/mol. The molecule has 0 aliphatic carbocycles. The Hall–Kier alpha value is -2.11. The summed E-state index contributed by atoms with van der Waals surface area (Å²) < 4.78 is 12.9. The third kappa shape index (κ3) is 3.06. The highest BCUT2D eigenvalue weighted by atomic mass is 32.1. The molecule has 134 valence electrons. The fraction of sp³-hybridized carbons (Fsp3) is 0.381. The van der Waals surface area contributed by atoms with Crippen molar-refractivity contribution in [3.8, 4) is 11.5 Å². The molecule has 26 heavy (non-hydrogen) atoms. The molecule has 2 aromatic carbocycles. The maximum atomic E-state index is 5.89. The molecule has 0 radical (unpaired) electrons. The van der Waals surface area contributed by atoms with Gasteiger partial charge in [-0.15, -0.1) is 11.3 Å². The van der Waals surface area contributed by atoms with E-state index in [4.69, 9.17) is 14.5 Å². The molecule has 0 saturated carbocycles. The lowest BCUT2D eigenvalue weighted by Crippen LogP contribution is -2.22. The zero-order chi connectivity index (χ0) is 17.3. The average Bonchev–Trinajstić information content (AvgIpc) is 3.21. The van der Waals surface area contributed by atoms with Crippen LogP contribution in [0.3, 0.4) is 0 Å². The van der Waals surface area contributed by atoms with E-state index in [1.165, 1.54) is 28.1 Å². The van der Waals surface area contributed by atoms with E-state index in [1.54, 1.807) is 0 Å². The minimum atomic E-state index is 0.430. The molecule has 1 saturated heterocycles. The van der Waals surface area contributed by atoms with Gasteiger partial charge in [0.1, 0.15) is 5.01 Å². The van der Waals surface area contributed by atoms with Crippen LogP contribution in [-0.4, -0.2) is 29.6 Å². The van der Waals surface area contributed by atoms with E-state index in [2.05, 4.69) is 47.4 Å². The monoisotopic (exact) mass is 366 g/mol. The van der Waals surface area contributed by atoms with Crippen molar-refractivity contribution in [3.05, 3.63) is 53.0 Å². The van der Waals surface area contributed by atoms with Gasteiger partial charge >= 0.3 is 0 Å². The zero-order valence-electron chi connectivity index (χ0n) is 14.7. The summed E-state index contributed by atoms with van der Waals surface area (Å²) in [7, 11) is 0. The summed E-state index contributed by atoms with van der Waals surface area (Å²) in [5.41, 5.74) is 2.44. The summed E-state index contributed by atoms with van der Waals surface area (Å²) in [6.07, 6.45) is 3.35. The Balaban J connectivity index is 1.39. The van der Waals surface area contributed by atoms with Crippen LogP contribution in [0.4, 0.5) is 0 Å². The first kappa shape index (κ1) is 16.1. The molecule has 0 bridgehead atoms. The highest BCUT2D eigenvalue weighted by Crippen LogP contribution is 2.39. The van der Waals surface area contributed by atoms with Crippen molar-refractivity contribution in [3.63, 3.8) is 0 Å². The molecule has 0 spiro atoms. The van der Waals surface area contributed by atoms with E-state index in [1.807, 2.05) is 11.3 Å². The largest absolute Gasteiger partial charge is 0.490 e. The summed E-state index contributed by atoms with van der Waals surface area (Å²) in [4.78, 5) is 7.37. The number of ether oxygens (including phenoxy) is 2. The SMILES string of the molecule is c1ccc2sc(CN3CCCC3c3ccc4c(c3)OCCCO4)nc2c1. The van der Waals surface area contributed by atoms with Gasteiger partial charge in [-0.05, 0) is 49.2 Å². The number of fused-ring (bicyclic) bond motifs is 2. The summed E-state index contributed by atoms with van der Waals surface area (Å²) in [5.74, 6) is 1.77. The zero-order valence-corrected chi connectivity index (χ0v) is 15.5. The molecule has 1 aromatic heterocycles. The van der Waals surface area contributed by atoms with E-state index in [0.717, 1.165) is 49.7 Å². The van der Waals surface area contributed by atoms with Gasteiger partial charge < -0.3 is 9.47 Å². The normalized spacial score (nSPS) is 20.4. The lowest BCUT2D eigenvalue weighted by Gasteiger charge is -2.24. The smallest absolute Gasteiger partial charge is 0.161 e. The van der Waals surface area contributed by atoms with Crippen molar-refractivity contribution < 1.29 is 9.47 Å². The Morgan fingerprint density at radius 1 is 1.04 bits per heavy atom. The van der Waals surface area contributed by atoms with Crippen LogP contribution in [0.2, 0.25) is 0 Å². The van der Waals surface area contributed by atoms with Crippen LogP contribution in [0, 0.1) is 0 Å². The molecule has 1 atom stereocenters. The molecule has 1 fully saturated rings. The molecule has 5 rings (SSSR count). The van der Waals surface area contributed by atoms with Crippen LogP contribution in [0.5, 0.6) is 11.5 Å². The minimum absolute atomic E-state index is 0.430. The highest BCUT2D eigenvalue weighted by molar-refractivity contribution is 7.18. The summed E-state index contributed by atoms with van der Waals surface area (Å²) in [6.45, 7) is 3.50. The molecule has 3 heterocycles. The Morgan fingerprint density at radius 2 is 1.92 bits per heavy atom. The van der Waals surface area contributed by atoms with Crippen LogP contribution >= 0.6 is 11.3 Å². The van der Waals surface area contributed by atoms with Gasteiger partial charge in [-0.25, -0.2) is 4.98 Å². The van der Waals surface area contributed by atoms with Crippen LogP contribution < -0.4 is 9.47 Å². The Kier molecular flexibility index (Phi) is 4.27. The molecule has 3 aromatic rings. The third-order valence-electron chi connectivity index (χ3n) is 5.20. The minimum Gasteiger partial charge on any atom is -0.490 e. The van der Waals surface area contributed by atoms with Crippen molar-refractivity contribution >= 4 is 21.6 Å². The number of para-hydroxylation sites is 1. The van der Waals surface area contributed by atoms with Crippen molar-refractivity contribution in [2.24, 2.45) is 0 Å². The lowest BCUT2D eigenvalue weighted by molar-refractivity contribution is 0.247. The Labute approximate surface area is 157 Å². The maximum Gasteiger partial charge on any atom is 0.161 e. The molecule has 4 nitrogen and oxygen atoms in total. The van der Waals surface area contributed by atoms with E-state index < -0.39 is 0 Å². The second-order valence-corrected chi connectivity index (χ2v) is 8.08. The van der Waals surface area contributed by atoms with Crippen molar-refractivity contribution in [1.29, 1.82) is 0 Å². The van der Waals surface area contributed by atoms with Gasteiger partial charge in [0.2, 0.25) is 0 Å². The number of nitrogens with zero attached hydrogens (tertiary/aromatic N) is 2. The lowest BCUT2D eigenvalue weighted by atomic mass is 10.0. The van der Waals surface area contributed by atoms with Crippen molar-refractivity contribution in [1.82, 2.24) is 9.88 Å². The van der Waals surface area contributed by atoms with Gasteiger partial charge in [0.15, 0.2) is 11.5 Å². The van der Waals surface area contributed by atoms with Gasteiger partial charge in [-0.3, -0.25) is 4.90 Å². The van der Waals surface area contributed by atoms with Gasteiger partial charge in [0.05, 0.1) is 30.0 Å². The first-order valence-electron chi connectivity index (χ1n) is 9.35. The number of hydrogen-bond acceptors (Lipinski definition) is 5. The molecule has 5 heteroatoms. The van der Waals surface area contributed by atoms with Crippen LogP contribution in [0.1, 0.15) is 35.9 Å². The standard InChI is InChI=1S/C21H22N2O2S/c1-2-7-20-16(5-1)22-21(26-20)14-23-10-3-6-17(23)15-8-9-18-19(13-15)25-12-4-11-24-18/h1-2,5,7-9,13,17H,3-4,6,10-12,14H2. The molecular formula is C21H22N2O2S. The molecule has 2 aliphatic heterocycles. The number of thiazole rings is 1. The average molecular weight is 366 g/mol. The third-order valence-corrected chi connectivity index (χ3v) is 6.22. The van der Waals surface area contributed by atoms with E-state index in [-0.39, 0.29) is 0 Å². The fourth-order valence-corrected chi connectivity index (χ4v) is 4.93. The topological polar surface area (TPSA) is 34.6 Å². The Morgan fingerprint density at radius 3 is 2.85 bits per heavy atom. The molecule has 2 aliphatic rings. The van der Waals surface area contributed by atoms with E-state index >= 15 is 0 Å². The predicted octanol–water partition coefficient (Wildman–Crippen LogP) is 4.79. The quantitative estimate of drug-likeness (QED) is 0.667. The molecular weight excluding hydrogens is 344 g/mol. The van der Waals surface area contributed by atoms with Crippen molar-refractivity contribution in [2.75, 3.05) is 19.8 Å². The second kappa shape index (κ2) is 6.89. The maximum absolute atomic E-state index is 5.89. The first-order chi connectivity index (χ1) is 12.9. The Bertz CT molecular complexity index is 890. The summed E-state index contributed by atoms with van der Waals surface area (Å²) in [5, 5.41) is 1.20. The molecule has 1 unspecified atom stereocenters. The van der Waals surface area contributed by atoms with Crippen LogP contribution in [0.25, 0.3) is 10.2 Å². The van der Waals surface area contributed by atoms with E-state index in [0.29, 0.717) is 6.04 Å². The first-order valence-corrected chi connectivity index (χ1v) is 10.2. The van der Waals surface area contributed by atoms with Crippen molar-refractivity contribution in [2.45, 2.75) is 31.8 Å². The number of aromatic nitrogens is 1. The summed E-state index contributed by atoms with van der Waals surface area (Å²) >= 11 is 1.81. The fourth-order valence-electron chi connectivity index (χ4n) is 3.94. The van der Waals surface area contributed by atoms with Gasteiger partial charge in [0, 0.05) is 12.5 Å². The second-order valence-electron chi connectivity index (χ2n) is 6.96. The van der Waals surface area contributed by atoms with Gasteiger partial charge in [-0.1, -0.05) is 18.2 Å². The van der Waals surface area contributed by atoms with Crippen LogP contribution in [-0.2, 0) is 6.54 Å². The number of rotatable bonds is 3. The summed E-state index contributed by atoms with van der Waals surface area (Å²) in [6, 6.07) is 15.3. The van der Waals surface area contributed by atoms with Crippen LogP contribution in [0.15, 0.2) is 42.5 Å². The highest BCUT2D eigenvalue weighted by Gasteiger charge is 2.28. The molecule has 0 N–H and O–H groups in total. The molecule has 0 amide bonds.